The molecule has 4 aliphatic rings. The number of aromatic amines is 1. The molecule has 1 amide bonds. The Labute approximate surface area is 195 Å². The van der Waals surface area contributed by atoms with E-state index in [1.807, 2.05) is 17.5 Å². The predicted molar refractivity (Wildman–Crippen MR) is 121 cm³/mol. The van der Waals surface area contributed by atoms with Crippen molar-refractivity contribution in [2.75, 3.05) is 12.4 Å². The number of nitrogens with one attached hydrogen (secondary N) is 3. The van der Waals surface area contributed by atoms with Crippen LogP contribution in [0.5, 0.6) is 0 Å². The molecular weight excluding hydrogens is 441 g/mol. The maximum Gasteiger partial charge on any atom is 0.407 e. The molecule has 4 aliphatic carbocycles. The molecule has 0 saturated heterocycles. The number of anilines is 2. The van der Waals surface area contributed by atoms with Crippen molar-refractivity contribution >= 4 is 23.5 Å². The van der Waals surface area contributed by atoms with Gasteiger partial charge in [0.05, 0.1) is 12.3 Å². The van der Waals surface area contributed by atoms with Crippen molar-refractivity contribution in [3.8, 4) is 0 Å². The van der Waals surface area contributed by atoms with Crippen molar-refractivity contribution in [2.45, 2.75) is 69.4 Å². The number of alkyl halides is 1. The van der Waals surface area contributed by atoms with Gasteiger partial charge in [0.25, 0.3) is 0 Å². The van der Waals surface area contributed by atoms with Gasteiger partial charge in [0.2, 0.25) is 5.95 Å². The van der Waals surface area contributed by atoms with E-state index in [9.17, 15) is 4.79 Å². The van der Waals surface area contributed by atoms with Crippen molar-refractivity contribution in [1.29, 1.82) is 0 Å². The van der Waals surface area contributed by atoms with E-state index < -0.39 is 24.3 Å². The molecule has 11 heteroatoms. The predicted octanol–water partition coefficient (Wildman–Crippen LogP) is 3.51. The Hall–Kier alpha value is -3.21. The fourth-order valence-corrected chi connectivity index (χ4v) is 5.55. The quantitative estimate of drug-likeness (QED) is 0.485. The molecule has 0 aromatic carbocycles. The van der Waals surface area contributed by atoms with E-state index in [0.29, 0.717) is 36.9 Å². The Kier molecular flexibility index (Phi) is 4.98. The third kappa shape index (κ3) is 3.58. The normalized spacial score (nSPS) is 29.5. The van der Waals surface area contributed by atoms with Gasteiger partial charge in [-0.1, -0.05) is 0 Å². The Balaban J connectivity index is 1.12. The van der Waals surface area contributed by atoms with Gasteiger partial charge in [-0.15, -0.1) is 0 Å². The molecule has 2 bridgehead atoms. The fourth-order valence-electron chi connectivity index (χ4n) is 5.55. The lowest BCUT2D eigenvalue weighted by Crippen LogP contribution is -2.68. The summed E-state index contributed by atoms with van der Waals surface area (Å²) in [6.07, 6.45) is 5.18. The van der Waals surface area contributed by atoms with Gasteiger partial charge >= 0.3 is 6.09 Å². The van der Waals surface area contributed by atoms with Gasteiger partial charge in [-0.2, -0.15) is 5.10 Å². The highest BCUT2D eigenvalue weighted by atomic mass is 19.1. The van der Waals surface area contributed by atoms with Gasteiger partial charge in [-0.25, -0.2) is 19.2 Å². The number of carbonyl (C=O) groups is 1. The number of H-pyrrole nitrogens is 1. The summed E-state index contributed by atoms with van der Waals surface area (Å²) in [5, 5.41) is 13.4. The van der Waals surface area contributed by atoms with Crippen molar-refractivity contribution in [3.63, 3.8) is 0 Å². The van der Waals surface area contributed by atoms with Gasteiger partial charge in [-0.3, -0.25) is 9.50 Å². The molecule has 180 valence electrons. The standard InChI is InChI=1S/C23H28FN7O3/c1-12-9-25-21(31-10-14(11-33-2)26-20(12)31)27-18-5-16(29-30-18)15-3-4-17(19(15)24)34-22(32)28-23-6-13(7-23)8-23/h5,9-10,13,15,17,19H,3-4,6-8,11H2,1-2H3,(H,28,32)(H2,25,27,29,30)/t13?,15-,17-,19+,23?/m0/s1. The van der Waals surface area contributed by atoms with Crippen LogP contribution in [0.3, 0.4) is 0 Å². The number of hydrogen-bond donors (Lipinski definition) is 3. The first-order valence-electron chi connectivity index (χ1n) is 11.7. The lowest BCUT2D eigenvalue weighted by molar-refractivity contribution is -0.0532. The molecule has 3 aromatic rings. The molecular formula is C23H28FN7O3. The Morgan fingerprint density at radius 1 is 1.35 bits per heavy atom. The highest BCUT2D eigenvalue weighted by Gasteiger charge is 2.58. The van der Waals surface area contributed by atoms with Gasteiger partial charge < -0.3 is 20.1 Å². The molecule has 3 heterocycles. The number of methoxy groups -OCH3 is 1. The number of amides is 1. The number of alkyl carbamates (subject to hydrolysis) is 1. The average Bonchev–Trinajstić information content (AvgIpc) is 3.47. The second kappa shape index (κ2) is 7.93. The maximum absolute atomic E-state index is 15.2. The molecule has 4 saturated carbocycles. The zero-order valence-electron chi connectivity index (χ0n) is 19.2. The van der Waals surface area contributed by atoms with Crippen molar-refractivity contribution in [1.82, 2.24) is 29.9 Å². The second-order valence-electron chi connectivity index (χ2n) is 9.91. The van der Waals surface area contributed by atoms with E-state index >= 15 is 4.39 Å². The molecule has 0 spiro atoms. The van der Waals surface area contributed by atoms with Crippen molar-refractivity contribution < 1.29 is 18.7 Å². The molecule has 3 aromatic heterocycles. The molecule has 0 aliphatic heterocycles. The summed E-state index contributed by atoms with van der Waals surface area (Å²) < 4.78 is 27.7. The summed E-state index contributed by atoms with van der Waals surface area (Å²) in [5.41, 5.74) is 3.09. The van der Waals surface area contributed by atoms with Crippen LogP contribution in [0, 0.1) is 12.8 Å². The van der Waals surface area contributed by atoms with Gasteiger partial charge in [-0.05, 0) is 44.9 Å². The van der Waals surface area contributed by atoms with E-state index in [0.717, 1.165) is 42.1 Å². The van der Waals surface area contributed by atoms with E-state index in [2.05, 4.69) is 30.8 Å². The van der Waals surface area contributed by atoms with Crippen LogP contribution >= 0.6 is 0 Å². The van der Waals surface area contributed by atoms with Gasteiger partial charge in [0.1, 0.15) is 17.9 Å². The third-order valence-corrected chi connectivity index (χ3v) is 7.41. The van der Waals surface area contributed by atoms with E-state index in [1.54, 1.807) is 19.4 Å². The second-order valence-corrected chi connectivity index (χ2v) is 9.91. The Bertz CT molecular complexity index is 1220. The van der Waals surface area contributed by atoms with E-state index in [-0.39, 0.29) is 5.54 Å². The summed E-state index contributed by atoms with van der Waals surface area (Å²) in [4.78, 5) is 21.3. The molecule has 4 fully saturated rings. The Morgan fingerprint density at radius 2 is 2.18 bits per heavy atom. The molecule has 34 heavy (non-hydrogen) atoms. The zero-order valence-corrected chi connectivity index (χ0v) is 19.2. The number of halogens is 1. The number of aromatic nitrogens is 5. The van der Waals surface area contributed by atoms with Crippen LogP contribution in [0.25, 0.3) is 5.65 Å². The highest BCUT2D eigenvalue weighted by molar-refractivity contribution is 5.69. The molecule has 7 rings (SSSR count). The summed E-state index contributed by atoms with van der Waals surface area (Å²) in [7, 11) is 1.62. The first-order valence-corrected chi connectivity index (χ1v) is 11.7. The largest absolute Gasteiger partial charge is 0.443 e. The highest BCUT2D eigenvalue weighted by Crippen LogP contribution is 2.57. The van der Waals surface area contributed by atoms with Crippen LogP contribution in [0.15, 0.2) is 18.5 Å². The minimum Gasteiger partial charge on any atom is -0.443 e. The number of rotatable bonds is 7. The number of nitrogens with zero attached hydrogens (tertiary/aromatic N) is 4. The zero-order chi connectivity index (χ0) is 23.4. The summed E-state index contributed by atoms with van der Waals surface area (Å²) in [5.74, 6) is 1.40. The molecule has 0 unspecified atom stereocenters. The van der Waals surface area contributed by atoms with Crippen LogP contribution in [0.4, 0.5) is 21.0 Å². The smallest absolute Gasteiger partial charge is 0.407 e. The number of fused-ring (bicyclic) bond motifs is 1. The van der Waals surface area contributed by atoms with Crippen LogP contribution < -0.4 is 10.6 Å². The minimum atomic E-state index is -1.29. The van der Waals surface area contributed by atoms with Crippen molar-refractivity contribution in [3.05, 3.63) is 35.4 Å². The number of hydrogen-bond acceptors (Lipinski definition) is 7. The lowest BCUT2D eigenvalue weighted by atomic mass is 9.50. The molecule has 3 atom stereocenters. The Morgan fingerprint density at radius 3 is 2.91 bits per heavy atom. The van der Waals surface area contributed by atoms with Crippen LogP contribution in [0.1, 0.15) is 55.0 Å². The lowest BCUT2D eigenvalue weighted by Gasteiger charge is -2.61. The van der Waals surface area contributed by atoms with Crippen LogP contribution in [-0.2, 0) is 16.1 Å². The number of carbonyl (C=O) groups excluding carboxylic acids is 1. The van der Waals surface area contributed by atoms with Gasteiger partial charge in [0.15, 0.2) is 5.82 Å². The first kappa shape index (κ1) is 21.3. The third-order valence-electron chi connectivity index (χ3n) is 7.41. The van der Waals surface area contributed by atoms with Crippen LogP contribution in [0.2, 0.25) is 0 Å². The molecule has 10 nitrogen and oxygen atoms in total. The van der Waals surface area contributed by atoms with E-state index in [1.165, 1.54) is 0 Å². The molecule has 0 radical (unpaired) electrons. The van der Waals surface area contributed by atoms with E-state index in [4.69, 9.17) is 9.47 Å². The summed E-state index contributed by atoms with van der Waals surface area (Å²) in [6.45, 7) is 2.34. The molecule has 3 N–H and O–H groups in total. The number of ether oxygens (including phenoxy) is 2. The topological polar surface area (TPSA) is 118 Å². The summed E-state index contributed by atoms with van der Waals surface area (Å²) in [6, 6.07) is 1.78. The fraction of sp³-hybridized carbons (Fsp3) is 0.565. The number of imidazole rings is 1. The number of aryl methyl sites for hydroxylation is 1. The van der Waals surface area contributed by atoms with Crippen molar-refractivity contribution in [2.24, 2.45) is 5.92 Å². The summed E-state index contributed by atoms with van der Waals surface area (Å²) >= 11 is 0. The monoisotopic (exact) mass is 469 g/mol. The average molecular weight is 470 g/mol. The van der Waals surface area contributed by atoms with Gasteiger partial charge in [0, 0.05) is 48.3 Å². The first-order chi connectivity index (χ1) is 16.4. The maximum atomic E-state index is 15.2. The van der Waals surface area contributed by atoms with Crippen LogP contribution in [-0.4, -0.2) is 55.6 Å². The minimum absolute atomic E-state index is 0.0789. The SMILES string of the molecule is COCc1cn2c(Nc3cc([C@@H]4CC[C@H](OC(=O)NC56CC(C5)C6)[C@@H]4F)[nH]n3)ncc(C)c2n1.